The molecule has 1 aliphatic rings. The van der Waals surface area contributed by atoms with Gasteiger partial charge < -0.3 is 10.1 Å². The molecule has 2 rings (SSSR count). The molecule has 0 aromatic heterocycles. The molecule has 0 amide bonds. The van der Waals surface area contributed by atoms with Crippen LogP contribution in [0.1, 0.15) is 25.8 Å². The highest BCUT2D eigenvalue weighted by molar-refractivity contribution is 7.99. The number of ether oxygens (including phenoxy) is 1. The standard InChI is InChI=1S/C15H20F3NOS/c1-14(2)7-10(8-21-9-14)19-13-5-4-11(20-3)6-12(13)15(16,17)18/h4-6,10,19H,7-9H2,1-3H3. The molecule has 1 saturated heterocycles. The highest BCUT2D eigenvalue weighted by atomic mass is 32.2. The lowest BCUT2D eigenvalue weighted by atomic mass is 9.87. The number of rotatable bonds is 3. The zero-order chi connectivity index (χ0) is 15.7. The van der Waals surface area contributed by atoms with Gasteiger partial charge in [0.2, 0.25) is 0 Å². The number of hydrogen-bond donors (Lipinski definition) is 1. The SMILES string of the molecule is COc1ccc(NC2CSCC(C)(C)C2)c(C(F)(F)F)c1. The average Bonchev–Trinajstić information content (AvgIpc) is 2.36. The second-order valence-electron chi connectivity index (χ2n) is 6.13. The Morgan fingerprint density at radius 3 is 2.62 bits per heavy atom. The van der Waals surface area contributed by atoms with Crippen LogP contribution in [0.15, 0.2) is 18.2 Å². The van der Waals surface area contributed by atoms with E-state index in [4.69, 9.17) is 4.74 Å². The Morgan fingerprint density at radius 2 is 2.05 bits per heavy atom. The van der Waals surface area contributed by atoms with E-state index in [0.717, 1.165) is 24.0 Å². The van der Waals surface area contributed by atoms with Crippen LogP contribution in [0.25, 0.3) is 0 Å². The van der Waals surface area contributed by atoms with Crippen molar-refractivity contribution in [2.75, 3.05) is 23.9 Å². The van der Waals surface area contributed by atoms with Crippen LogP contribution in [0, 0.1) is 5.41 Å². The summed E-state index contributed by atoms with van der Waals surface area (Å²) >= 11 is 1.78. The van der Waals surface area contributed by atoms with Gasteiger partial charge in [-0.1, -0.05) is 13.8 Å². The molecular weight excluding hydrogens is 299 g/mol. The van der Waals surface area contributed by atoms with Crippen molar-refractivity contribution in [2.45, 2.75) is 32.5 Å². The van der Waals surface area contributed by atoms with Crippen molar-refractivity contribution in [1.82, 2.24) is 0 Å². The zero-order valence-electron chi connectivity index (χ0n) is 12.4. The van der Waals surface area contributed by atoms with Crippen molar-refractivity contribution in [1.29, 1.82) is 0 Å². The number of alkyl halides is 3. The molecule has 1 heterocycles. The third-order valence-corrected chi connectivity index (χ3v) is 5.13. The van der Waals surface area contributed by atoms with Crippen LogP contribution in [0.3, 0.4) is 0 Å². The summed E-state index contributed by atoms with van der Waals surface area (Å²) in [4.78, 5) is 0. The van der Waals surface area contributed by atoms with Gasteiger partial charge in [-0.25, -0.2) is 0 Å². The number of halogens is 3. The van der Waals surface area contributed by atoms with Crippen LogP contribution in [0.2, 0.25) is 0 Å². The normalized spacial score (nSPS) is 21.9. The van der Waals surface area contributed by atoms with Crippen molar-refractivity contribution in [3.63, 3.8) is 0 Å². The van der Waals surface area contributed by atoms with E-state index in [-0.39, 0.29) is 22.9 Å². The van der Waals surface area contributed by atoms with Gasteiger partial charge in [0.1, 0.15) is 5.75 Å². The number of benzene rings is 1. The van der Waals surface area contributed by atoms with Crippen molar-refractivity contribution in [3.8, 4) is 5.75 Å². The van der Waals surface area contributed by atoms with E-state index in [1.165, 1.54) is 13.2 Å². The van der Waals surface area contributed by atoms with Gasteiger partial charge in [-0.2, -0.15) is 24.9 Å². The molecule has 1 aromatic carbocycles. The third kappa shape index (κ3) is 4.22. The number of nitrogens with one attached hydrogen (secondary N) is 1. The number of thioether (sulfide) groups is 1. The molecule has 1 atom stereocenters. The Balaban J connectivity index is 2.23. The van der Waals surface area contributed by atoms with E-state index in [9.17, 15) is 13.2 Å². The smallest absolute Gasteiger partial charge is 0.418 e. The van der Waals surface area contributed by atoms with Crippen molar-refractivity contribution in [3.05, 3.63) is 23.8 Å². The first-order valence-corrected chi connectivity index (χ1v) is 7.96. The van der Waals surface area contributed by atoms with Gasteiger partial charge in [0, 0.05) is 17.5 Å². The highest BCUT2D eigenvalue weighted by Crippen LogP contribution is 2.39. The summed E-state index contributed by atoms with van der Waals surface area (Å²) in [5, 5.41) is 3.07. The van der Waals surface area contributed by atoms with E-state index in [1.54, 1.807) is 17.8 Å². The van der Waals surface area contributed by atoms with Gasteiger partial charge in [0.25, 0.3) is 0 Å². The summed E-state index contributed by atoms with van der Waals surface area (Å²) in [6.07, 6.45) is -3.53. The van der Waals surface area contributed by atoms with E-state index < -0.39 is 11.7 Å². The molecule has 1 fully saturated rings. The average molecular weight is 319 g/mol. The Bertz CT molecular complexity index is 502. The van der Waals surface area contributed by atoms with Crippen molar-refractivity contribution in [2.24, 2.45) is 5.41 Å². The van der Waals surface area contributed by atoms with Gasteiger partial charge in [-0.3, -0.25) is 0 Å². The molecule has 0 saturated carbocycles. The van der Waals surface area contributed by atoms with Crippen LogP contribution in [-0.2, 0) is 6.18 Å². The largest absolute Gasteiger partial charge is 0.497 e. The van der Waals surface area contributed by atoms with E-state index in [1.807, 2.05) is 0 Å². The first kappa shape index (κ1) is 16.3. The van der Waals surface area contributed by atoms with Gasteiger partial charge in [0.05, 0.1) is 12.7 Å². The summed E-state index contributed by atoms with van der Waals surface area (Å²) in [7, 11) is 1.36. The molecule has 1 N–H and O–H groups in total. The summed E-state index contributed by atoms with van der Waals surface area (Å²) in [6.45, 7) is 4.29. The molecule has 21 heavy (non-hydrogen) atoms. The molecule has 0 aliphatic carbocycles. The van der Waals surface area contributed by atoms with E-state index in [2.05, 4.69) is 19.2 Å². The van der Waals surface area contributed by atoms with E-state index >= 15 is 0 Å². The summed E-state index contributed by atoms with van der Waals surface area (Å²) in [5.41, 5.74) is -0.396. The predicted octanol–water partition coefficient (Wildman–Crippen LogP) is 4.66. The second kappa shape index (κ2) is 5.99. The first-order valence-electron chi connectivity index (χ1n) is 6.81. The molecule has 1 unspecified atom stereocenters. The fourth-order valence-corrected chi connectivity index (χ4v) is 3.86. The molecular formula is C15H20F3NOS. The molecule has 118 valence electrons. The highest BCUT2D eigenvalue weighted by Gasteiger charge is 2.35. The topological polar surface area (TPSA) is 21.3 Å². The minimum Gasteiger partial charge on any atom is -0.497 e. The van der Waals surface area contributed by atoms with Crippen LogP contribution in [0.5, 0.6) is 5.75 Å². The predicted molar refractivity (Wildman–Crippen MR) is 81.1 cm³/mol. The number of methoxy groups -OCH3 is 1. The Hall–Kier alpha value is -1.04. The fraction of sp³-hybridized carbons (Fsp3) is 0.600. The number of hydrogen-bond acceptors (Lipinski definition) is 3. The minimum absolute atomic E-state index is 0.0493. The molecule has 0 radical (unpaired) electrons. The van der Waals surface area contributed by atoms with Crippen molar-refractivity contribution >= 4 is 17.4 Å². The quantitative estimate of drug-likeness (QED) is 0.875. The lowest BCUT2D eigenvalue weighted by Crippen LogP contribution is -2.35. The van der Waals surface area contributed by atoms with Gasteiger partial charge in [0.15, 0.2) is 0 Å². The van der Waals surface area contributed by atoms with Crippen LogP contribution >= 0.6 is 11.8 Å². The van der Waals surface area contributed by atoms with Crippen LogP contribution in [0.4, 0.5) is 18.9 Å². The zero-order valence-corrected chi connectivity index (χ0v) is 13.2. The van der Waals surface area contributed by atoms with Crippen LogP contribution < -0.4 is 10.1 Å². The van der Waals surface area contributed by atoms with E-state index in [0.29, 0.717) is 0 Å². The molecule has 0 bridgehead atoms. The monoisotopic (exact) mass is 319 g/mol. The summed E-state index contributed by atoms with van der Waals surface area (Å²) in [6, 6.07) is 4.10. The van der Waals surface area contributed by atoms with Gasteiger partial charge in [-0.15, -0.1) is 0 Å². The Kier molecular flexibility index (Phi) is 4.66. The molecule has 6 heteroatoms. The molecule has 2 nitrogen and oxygen atoms in total. The maximum absolute atomic E-state index is 13.2. The lowest BCUT2D eigenvalue weighted by molar-refractivity contribution is -0.137. The second-order valence-corrected chi connectivity index (χ2v) is 7.16. The summed E-state index contributed by atoms with van der Waals surface area (Å²) < 4.78 is 44.4. The Morgan fingerprint density at radius 1 is 1.33 bits per heavy atom. The molecule has 1 aromatic rings. The van der Waals surface area contributed by atoms with Gasteiger partial charge >= 0.3 is 6.18 Å². The van der Waals surface area contributed by atoms with Crippen LogP contribution in [-0.4, -0.2) is 24.7 Å². The first-order chi connectivity index (χ1) is 9.71. The molecule has 1 aliphatic heterocycles. The minimum atomic E-state index is -4.39. The molecule has 0 spiro atoms. The summed E-state index contributed by atoms with van der Waals surface area (Å²) in [5.74, 6) is 2.08. The van der Waals surface area contributed by atoms with Crippen molar-refractivity contribution < 1.29 is 17.9 Å². The Labute approximate surface area is 127 Å². The maximum atomic E-state index is 13.2. The fourth-order valence-electron chi connectivity index (χ4n) is 2.59. The third-order valence-electron chi connectivity index (χ3n) is 3.50. The number of anilines is 1. The van der Waals surface area contributed by atoms with Gasteiger partial charge in [-0.05, 0) is 35.8 Å². The lowest BCUT2D eigenvalue weighted by Gasteiger charge is -2.36. The maximum Gasteiger partial charge on any atom is 0.418 e.